The van der Waals surface area contributed by atoms with E-state index in [1.54, 1.807) is 6.07 Å². The van der Waals surface area contributed by atoms with E-state index in [4.69, 9.17) is 21.4 Å². The van der Waals surface area contributed by atoms with Crippen molar-refractivity contribution in [3.8, 4) is 5.88 Å². The van der Waals surface area contributed by atoms with Gasteiger partial charge in [-0.05, 0) is 18.4 Å². The minimum absolute atomic E-state index is 0.123. The van der Waals surface area contributed by atoms with Crippen LogP contribution in [0.2, 0.25) is 5.02 Å². The van der Waals surface area contributed by atoms with E-state index in [2.05, 4.69) is 18.8 Å². The Morgan fingerprint density at radius 1 is 1.47 bits per heavy atom. The SMILES string of the molecule is CCCCC(CC)COc1ccc(Cl)c(C(=O)O)n1. The van der Waals surface area contributed by atoms with Crippen molar-refractivity contribution < 1.29 is 14.6 Å². The Labute approximate surface area is 118 Å². The lowest BCUT2D eigenvalue weighted by atomic mass is 10.0. The summed E-state index contributed by atoms with van der Waals surface area (Å²) < 4.78 is 5.57. The average molecular weight is 286 g/mol. The molecule has 1 heterocycles. The van der Waals surface area contributed by atoms with E-state index < -0.39 is 5.97 Å². The molecule has 0 saturated carbocycles. The Bertz CT molecular complexity index is 423. The molecule has 106 valence electrons. The first-order valence-electron chi connectivity index (χ1n) is 6.61. The average Bonchev–Trinajstić information content (AvgIpc) is 2.40. The maximum atomic E-state index is 10.9. The fraction of sp³-hybridized carbons (Fsp3) is 0.571. The number of rotatable bonds is 8. The molecule has 0 saturated heterocycles. The topological polar surface area (TPSA) is 59.4 Å². The highest BCUT2D eigenvalue weighted by atomic mass is 35.5. The Kier molecular flexibility index (Phi) is 6.64. The number of ether oxygens (including phenoxy) is 1. The van der Waals surface area contributed by atoms with E-state index in [9.17, 15) is 4.79 Å². The van der Waals surface area contributed by atoms with Crippen molar-refractivity contribution in [3.05, 3.63) is 22.8 Å². The summed E-state index contributed by atoms with van der Waals surface area (Å²) >= 11 is 5.75. The fourth-order valence-electron chi connectivity index (χ4n) is 1.76. The van der Waals surface area contributed by atoms with E-state index in [0.29, 0.717) is 18.4 Å². The standard InChI is InChI=1S/C14H20ClNO3/c1-3-5-6-10(4-2)9-19-12-8-7-11(15)13(16-12)14(17)18/h7-8,10H,3-6,9H2,1-2H3,(H,17,18). The molecule has 0 aliphatic rings. The van der Waals surface area contributed by atoms with Gasteiger partial charge in [0.05, 0.1) is 11.6 Å². The molecule has 1 aromatic rings. The molecule has 0 aliphatic carbocycles. The van der Waals surface area contributed by atoms with Crippen LogP contribution in [0, 0.1) is 5.92 Å². The highest BCUT2D eigenvalue weighted by molar-refractivity contribution is 6.33. The normalized spacial score (nSPS) is 12.2. The van der Waals surface area contributed by atoms with Crippen LogP contribution in [0.25, 0.3) is 0 Å². The molecule has 1 rings (SSSR count). The number of unbranched alkanes of at least 4 members (excludes halogenated alkanes) is 1. The summed E-state index contributed by atoms with van der Waals surface area (Å²) in [4.78, 5) is 14.8. The van der Waals surface area contributed by atoms with E-state index >= 15 is 0 Å². The quantitative estimate of drug-likeness (QED) is 0.783. The molecule has 1 atom stereocenters. The third-order valence-electron chi connectivity index (χ3n) is 3.03. The molecule has 1 unspecified atom stereocenters. The number of aromatic carboxylic acids is 1. The first-order chi connectivity index (χ1) is 9.08. The van der Waals surface area contributed by atoms with Crippen LogP contribution < -0.4 is 4.74 Å². The highest BCUT2D eigenvalue weighted by Crippen LogP contribution is 2.20. The third kappa shape index (κ3) is 5.07. The first kappa shape index (κ1) is 15.8. The van der Waals surface area contributed by atoms with Gasteiger partial charge in [0.15, 0.2) is 5.69 Å². The Balaban J connectivity index is 2.61. The Morgan fingerprint density at radius 2 is 2.21 bits per heavy atom. The van der Waals surface area contributed by atoms with Crippen LogP contribution in [0.4, 0.5) is 0 Å². The molecular formula is C14H20ClNO3. The molecular weight excluding hydrogens is 266 g/mol. The molecule has 0 aliphatic heterocycles. The zero-order valence-corrected chi connectivity index (χ0v) is 12.1. The molecule has 4 nitrogen and oxygen atoms in total. The van der Waals surface area contributed by atoms with E-state index in [1.807, 2.05) is 0 Å². The predicted molar refractivity (Wildman–Crippen MR) is 75.0 cm³/mol. The molecule has 0 bridgehead atoms. The molecule has 1 N–H and O–H groups in total. The van der Waals surface area contributed by atoms with Gasteiger partial charge in [-0.25, -0.2) is 9.78 Å². The van der Waals surface area contributed by atoms with Crippen LogP contribution in [-0.4, -0.2) is 22.7 Å². The number of pyridine rings is 1. The van der Waals surface area contributed by atoms with Crippen LogP contribution in [-0.2, 0) is 0 Å². The second-order valence-corrected chi connectivity index (χ2v) is 4.92. The van der Waals surface area contributed by atoms with Crippen molar-refractivity contribution in [1.82, 2.24) is 4.98 Å². The summed E-state index contributed by atoms with van der Waals surface area (Å²) in [6, 6.07) is 3.10. The number of aromatic nitrogens is 1. The predicted octanol–water partition coefficient (Wildman–Crippen LogP) is 4.03. The lowest BCUT2D eigenvalue weighted by molar-refractivity contribution is 0.0689. The zero-order valence-electron chi connectivity index (χ0n) is 11.4. The minimum atomic E-state index is -1.14. The summed E-state index contributed by atoms with van der Waals surface area (Å²) in [6.45, 7) is 4.85. The van der Waals surface area contributed by atoms with Gasteiger partial charge >= 0.3 is 5.97 Å². The molecule has 0 fully saturated rings. The maximum absolute atomic E-state index is 10.9. The van der Waals surface area contributed by atoms with E-state index in [-0.39, 0.29) is 10.7 Å². The number of carboxylic acids is 1. The van der Waals surface area contributed by atoms with Gasteiger partial charge in [0.1, 0.15) is 0 Å². The smallest absolute Gasteiger partial charge is 0.356 e. The van der Waals surface area contributed by atoms with Crippen molar-refractivity contribution in [1.29, 1.82) is 0 Å². The fourth-order valence-corrected chi connectivity index (χ4v) is 1.94. The summed E-state index contributed by atoms with van der Waals surface area (Å²) in [5, 5.41) is 9.05. The third-order valence-corrected chi connectivity index (χ3v) is 3.34. The summed E-state index contributed by atoms with van der Waals surface area (Å²) in [5.41, 5.74) is -0.166. The second kappa shape index (κ2) is 8.00. The van der Waals surface area contributed by atoms with E-state index in [0.717, 1.165) is 12.8 Å². The first-order valence-corrected chi connectivity index (χ1v) is 6.98. The van der Waals surface area contributed by atoms with Gasteiger partial charge in [0, 0.05) is 6.07 Å². The number of nitrogens with zero attached hydrogens (tertiary/aromatic N) is 1. The lowest BCUT2D eigenvalue weighted by Crippen LogP contribution is -2.13. The maximum Gasteiger partial charge on any atom is 0.356 e. The van der Waals surface area contributed by atoms with Crippen molar-refractivity contribution in [2.45, 2.75) is 39.5 Å². The Morgan fingerprint density at radius 3 is 2.79 bits per heavy atom. The zero-order chi connectivity index (χ0) is 14.3. The Hall–Kier alpha value is -1.29. The van der Waals surface area contributed by atoms with Gasteiger partial charge in [0.2, 0.25) is 5.88 Å². The summed E-state index contributed by atoms with van der Waals surface area (Å²) in [6.07, 6.45) is 4.50. The molecule has 0 amide bonds. The van der Waals surface area contributed by atoms with Crippen LogP contribution in [0.15, 0.2) is 12.1 Å². The number of hydrogen-bond acceptors (Lipinski definition) is 3. The van der Waals surface area contributed by atoms with Crippen LogP contribution in [0.1, 0.15) is 50.0 Å². The van der Waals surface area contributed by atoms with Gasteiger partial charge in [-0.15, -0.1) is 0 Å². The van der Waals surface area contributed by atoms with Gasteiger partial charge in [-0.2, -0.15) is 0 Å². The summed E-state index contributed by atoms with van der Waals surface area (Å²) in [5.74, 6) is -0.351. The minimum Gasteiger partial charge on any atom is -0.477 e. The number of carbonyl (C=O) groups is 1. The number of hydrogen-bond donors (Lipinski definition) is 1. The van der Waals surface area contributed by atoms with Gasteiger partial charge < -0.3 is 9.84 Å². The van der Waals surface area contributed by atoms with Crippen LogP contribution >= 0.6 is 11.6 Å². The highest BCUT2D eigenvalue weighted by Gasteiger charge is 2.13. The van der Waals surface area contributed by atoms with Gasteiger partial charge in [-0.3, -0.25) is 0 Å². The van der Waals surface area contributed by atoms with Crippen molar-refractivity contribution in [2.24, 2.45) is 5.92 Å². The van der Waals surface area contributed by atoms with Gasteiger partial charge in [0.25, 0.3) is 0 Å². The molecule has 0 aromatic carbocycles. The lowest BCUT2D eigenvalue weighted by Gasteiger charge is -2.15. The molecule has 1 aromatic heterocycles. The summed E-state index contributed by atoms with van der Waals surface area (Å²) in [7, 11) is 0. The van der Waals surface area contributed by atoms with Crippen LogP contribution in [0.5, 0.6) is 5.88 Å². The van der Waals surface area contributed by atoms with Gasteiger partial charge in [-0.1, -0.05) is 44.7 Å². The monoisotopic (exact) mass is 285 g/mol. The molecule has 5 heteroatoms. The molecule has 0 spiro atoms. The van der Waals surface area contributed by atoms with Crippen molar-refractivity contribution in [3.63, 3.8) is 0 Å². The van der Waals surface area contributed by atoms with Crippen LogP contribution in [0.3, 0.4) is 0 Å². The second-order valence-electron chi connectivity index (χ2n) is 4.51. The van der Waals surface area contributed by atoms with Crippen molar-refractivity contribution >= 4 is 17.6 Å². The van der Waals surface area contributed by atoms with Crippen molar-refractivity contribution in [2.75, 3.05) is 6.61 Å². The number of halogens is 1. The molecule has 19 heavy (non-hydrogen) atoms. The molecule has 0 radical (unpaired) electrons. The number of carboxylic acid groups (broad SMARTS) is 1. The largest absolute Gasteiger partial charge is 0.477 e. The van der Waals surface area contributed by atoms with E-state index in [1.165, 1.54) is 18.9 Å².